The van der Waals surface area contributed by atoms with Crippen molar-refractivity contribution >= 4 is 21.8 Å². The Kier molecular flexibility index (Phi) is 5.62. The van der Waals surface area contributed by atoms with Gasteiger partial charge in [0.2, 0.25) is 21.8 Å². The summed E-state index contributed by atoms with van der Waals surface area (Å²) in [5, 5.41) is 0. The van der Waals surface area contributed by atoms with Crippen LogP contribution >= 0.6 is 0 Å². The molecule has 0 radical (unpaired) electrons. The Hall–Kier alpha value is -1.87. The van der Waals surface area contributed by atoms with Crippen LogP contribution in [0.15, 0.2) is 18.3 Å². The highest BCUT2D eigenvalue weighted by atomic mass is 32.2. The van der Waals surface area contributed by atoms with E-state index in [2.05, 4.69) is 4.98 Å². The van der Waals surface area contributed by atoms with Crippen molar-refractivity contribution in [2.24, 2.45) is 5.41 Å². The van der Waals surface area contributed by atoms with Crippen LogP contribution < -0.4 is 0 Å². The molecule has 2 aliphatic rings. The second-order valence-electron chi connectivity index (χ2n) is 7.69. The third-order valence-corrected chi connectivity index (χ3v) is 6.79. The summed E-state index contributed by atoms with van der Waals surface area (Å²) in [7, 11) is -3.39. The smallest absolute Gasteiger partial charge is 0.223 e. The quantitative estimate of drug-likeness (QED) is 0.774. The molecule has 0 saturated carbocycles. The van der Waals surface area contributed by atoms with Crippen LogP contribution in [-0.4, -0.2) is 84.8 Å². The van der Waals surface area contributed by atoms with Crippen LogP contribution in [0.2, 0.25) is 0 Å². The van der Waals surface area contributed by atoms with E-state index in [1.165, 1.54) is 10.6 Å². The van der Waals surface area contributed by atoms with E-state index in [4.69, 9.17) is 0 Å². The first-order chi connectivity index (χ1) is 12.7. The molecule has 2 fully saturated rings. The molecule has 2 amide bonds. The minimum atomic E-state index is -3.39. The normalized spacial score (nSPS) is 24.6. The first kappa shape index (κ1) is 19.9. The SMILES string of the molecule is CCN1CC2(CC1=O)CN(C(=O)CCc1ccc[nH]1)CCN(S(C)(=O)=O)C2. The maximum Gasteiger partial charge on any atom is 0.223 e. The summed E-state index contributed by atoms with van der Waals surface area (Å²) in [5.41, 5.74) is 0.466. The molecule has 0 aliphatic carbocycles. The van der Waals surface area contributed by atoms with Gasteiger partial charge < -0.3 is 14.8 Å². The molecule has 8 nitrogen and oxygen atoms in total. The zero-order valence-corrected chi connectivity index (χ0v) is 16.8. The Morgan fingerprint density at radius 1 is 1.26 bits per heavy atom. The summed E-state index contributed by atoms with van der Waals surface area (Å²) >= 11 is 0. The molecule has 1 unspecified atom stereocenters. The number of H-pyrrole nitrogens is 1. The zero-order valence-electron chi connectivity index (χ0n) is 16.0. The summed E-state index contributed by atoms with van der Waals surface area (Å²) in [5.74, 6) is 0.0355. The van der Waals surface area contributed by atoms with Crippen LogP contribution in [0.3, 0.4) is 0 Å². The highest BCUT2D eigenvalue weighted by Crippen LogP contribution is 2.35. The molecule has 3 heterocycles. The zero-order chi connectivity index (χ0) is 19.7. The molecule has 1 atom stereocenters. The lowest BCUT2D eigenvalue weighted by molar-refractivity contribution is -0.132. The third kappa shape index (κ3) is 4.52. The lowest BCUT2D eigenvalue weighted by atomic mass is 9.86. The van der Waals surface area contributed by atoms with Gasteiger partial charge in [-0.3, -0.25) is 9.59 Å². The molecule has 9 heteroatoms. The van der Waals surface area contributed by atoms with E-state index in [0.29, 0.717) is 39.0 Å². The van der Waals surface area contributed by atoms with E-state index >= 15 is 0 Å². The van der Waals surface area contributed by atoms with Crippen LogP contribution in [0.25, 0.3) is 0 Å². The number of likely N-dealkylation sites (tertiary alicyclic amines) is 1. The number of nitrogens with one attached hydrogen (secondary N) is 1. The Morgan fingerprint density at radius 2 is 2.04 bits per heavy atom. The average Bonchev–Trinajstić information content (AvgIpc) is 3.16. The number of carbonyl (C=O) groups excluding carboxylic acids is 2. The van der Waals surface area contributed by atoms with Gasteiger partial charge in [0.25, 0.3) is 0 Å². The van der Waals surface area contributed by atoms with Gasteiger partial charge in [-0.25, -0.2) is 8.42 Å². The number of hydrogen-bond donors (Lipinski definition) is 1. The third-order valence-electron chi connectivity index (χ3n) is 5.54. The van der Waals surface area contributed by atoms with E-state index in [9.17, 15) is 18.0 Å². The molecule has 2 saturated heterocycles. The molecule has 1 spiro atoms. The van der Waals surface area contributed by atoms with Gasteiger partial charge in [0, 0.05) is 69.4 Å². The standard InChI is InChI=1S/C18H28N4O4S/c1-3-20-12-18(11-17(20)24)13-21(9-10-22(14-18)27(2,25)26)16(23)7-6-15-5-4-8-19-15/h4-5,8,19H,3,6-7,9-14H2,1-2H3. The number of nitrogens with zero attached hydrogens (tertiary/aromatic N) is 3. The van der Waals surface area contributed by atoms with Crippen LogP contribution in [-0.2, 0) is 26.0 Å². The Balaban J connectivity index is 1.77. The summed E-state index contributed by atoms with van der Waals surface area (Å²) < 4.78 is 25.8. The van der Waals surface area contributed by atoms with Gasteiger partial charge in [-0.1, -0.05) is 0 Å². The minimum Gasteiger partial charge on any atom is -0.365 e. The van der Waals surface area contributed by atoms with E-state index in [0.717, 1.165) is 5.69 Å². The molecule has 1 aromatic heterocycles. The molecule has 2 aliphatic heterocycles. The summed E-state index contributed by atoms with van der Waals surface area (Å²) in [6.45, 7) is 4.35. The second-order valence-corrected chi connectivity index (χ2v) is 9.67. The molecule has 1 N–H and O–H groups in total. The van der Waals surface area contributed by atoms with Crippen molar-refractivity contribution in [2.75, 3.05) is 45.5 Å². The topological polar surface area (TPSA) is 93.8 Å². The fourth-order valence-electron chi connectivity index (χ4n) is 4.12. The van der Waals surface area contributed by atoms with Crippen LogP contribution in [0.4, 0.5) is 0 Å². The van der Waals surface area contributed by atoms with Crippen LogP contribution in [0.1, 0.15) is 25.5 Å². The van der Waals surface area contributed by atoms with Gasteiger partial charge in [-0.05, 0) is 25.5 Å². The summed E-state index contributed by atoms with van der Waals surface area (Å²) in [6, 6.07) is 3.84. The minimum absolute atomic E-state index is 0.00160. The number of hydrogen-bond acceptors (Lipinski definition) is 4. The highest BCUT2D eigenvalue weighted by molar-refractivity contribution is 7.88. The van der Waals surface area contributed by atoms with Gasteiger partial charge in [-0.15, -0.1) is 0 Å². The van der Waals surface area contributed by atoms with E-state index < -0.39 is 15.4 Å². The number of sulfonamides is 1. The molecular weight excluding hydrogens is 368 g/mol. The van der Waals surface area contributed by atoms with Gasteiger partial charge in [-0.2, -0.15) is 4.31 Å². The van der Waals surface area contributed by atoms with Crippen molar-refractivity contribution in [1.82, 2.24) is 19.1 Å². The second kappa shape index (κ2) is 7.63. The first-order valence-corrected chi connectivity index (χ1v) is 11.2. The molecule has 150 valence electrons. The van der Waals surface area contributed by atoms with Crippen molar-refractivity contribution in [2.45, 2.75) is 26.2 Å². The predicted molar refractivity (Wildman–Crippen MR) is 101 cm³/mol. The van der Waals surface area contributed by atoms with Gasteiger partial charge in [0.15, 0.2) is 0 Å². The van der Waals surface area contributed by atoms with Crippen molar-refractivity contribution in [3.8, 4) is 0 Å². The van der Waals surface area contributed by atoms with Crippen LogP contribution in [0.5, 0.6) is 0 Å². The molecule has 0 bridgehead atoms. The van der Waals surface area contributed by atoms with E-state index in [-0.39, 0.29) is 31.3 Å². The lowest BCUT2D eigenvalue weighted by Gasteiger charge is -2.33. The number of rotatable bonds is 5. The number of aryl methyl sites for hydroxylation is 1. The van der Waals surface area contributed by atoms with Gasteiger partial charge >= 0.3 is 0 Å². The van der Waals surface area contributed by atoms with Crippen molar-refractivity contribution in [3.05, 3.63) is 24.0 Å². The average molecular weight is 397 g/mol. The Morgan fingerprint density at radius 3 is 2.63 bits per heavy atom. The maximum absolute atomic E-state index is 12.8. The van der Waals surface area contributed by atoms with E-state index in [1.807, 2.05) is 25.3 Å². The number of amides is 2. The number of aromatic amines is 1. The van der Waals surface area contributed by atoms with Crippen molar-refractivity contribution < 1.29 is 18.0 Å². The van der Waals surface area contributed by atoms with Gasteiger partial charge in [0.1, 0.15) is 0 Å². The first-order valence-electron chi connectivity index (χ1n) is 9.35. The summed E-state index contributed by atoms with van der Waals surface area (Å²) in [6.07, 6.45) is 4.28. The molecule has 1 aromatic rings. The van der Waals surface area contributed by atoms with Crippen LogP contribution in [0, 0.1) is 5.41 Å². The van der Waals surface area contributed by atoms with Crippen molar-refractivity contribution in [3.63, 3.8) is 0 Å². The fraction of sp³-hybridized carbons (Fsp3) is 0.667. The summed E-state index contributed by atoms with van der Waals surface area (Å²) in [4.78, 5) is 31.8. The molecule has 3 rings (SSSR count). The van der Waals surface area contributed by atoms with Gasteiger partial charge in [0.05, 0.1) is 6.26 Å². The lowest BCUT2D eigenvalue weighted by Crippen LogP contribution is -2.45. The van der Waals surface area contributed by atoms with Crippen molar-refractivity contribution in [1.29, 1.82) is 0 Å². The maximum atomic E-state index is 12.8. The Labute approximate surface area is 160 Å². The number of aromatic nitrogens is 1. The molecule has 0 aromatic carbocycles. The largest absolute Gasteiger partial charge is 0.365 e. The van der Waals surface area contributed by atoms with E-state index in [1.54, 1.807) is 9.80 Å². The number of carbonyl (C=O) groups is 2. The highest BCUT2D eigenvalue weighted by Gasteiger charge is 2.48. The Bertz CT molecular complexity index is 792. The molecular formula is C18H28N4O4S. The predicted octanol–water partition coefficient (Wildman–Crippen LogP) is 0.290. The fourth-order valence-corrected chi connectivity index (χ4v) is 5.04. The molecule has 27 heavy (non-hydrogen) atoms. The monoisotopic (exact) mass is 396 g/mol.